The fourth-order valence-corrected chi connectivity index (χ4v) is 5.09. The van der Waals surface area contributed by atoms with Gasteiger partial charge in [0, 0.05) is 16.9 Å². The lowest BCUT2D eigenvalue weighted by molar-refractivity contribution is -0.154. The van der Waals surface area contributed by atoms with E-state index in [9.17, 15) is 19.8 Å². The van der Waals surface area contributed by atoms with Crippen LogP contribution >= 0.6 is 0 Å². The Kier molecular flexibility index (Phi) is 4.26. The number of rotatable bonds is 4. The topological polar surface area (TPSA) is 96.4 Å². The summed E-state index contributed by atoms with van der Waals surface area (Å²) in [6.45, 7) is 12.6. The van der Waals surface area contributed by atoms with Gasteiger partial charge in [-0.2, -0.15) is 0 Å². The molecule has 1 saturated heterocycles. The first-order valence-corrected chi connectivity index (χ1v) is 9.06. The fraction of sp³-hybridized carbons (Fsp3) is 0.700. The molecule has 1 heterocycles. The molecule has 0 bridgehead atoms. The van der Waals surface area contributed by atoms with Crippen LogP contribution in [0.5, 0.6) is 0 Å². The molecule has 6 heteroatoms. The van der Waals surface area contributed by atoms with Crippen LogP contribution in [0.15, 0.2) is 23.8 Å². The standard InChI is InChI=1S/C20H28O6/c1-7-10(2)16(24)25-17-18(5,6)8-13-12(4)14(22)15(23)19(11(3)9-21)20(13,17)26-19/h7,12-14,17,21-22H,3,8-9H2,1-2,4-6H3/b10-7+/t12-,13+,14-,17-,19+,20+/m0/s1. The maximum atomic E-state index is 13.0. The summed E-state index contributed by atoms with van der Waals surface area (Å²) in [4.78, 5) is 25.4. The Morgan fingerprint density at radius 2 is 2.08 bits per heavy atom. The zero-order valence-corrected chi connectivity index (χ0v) is 16.0. The summed E-state index contributed by atoms with van der Waals surface area (Å²) < 4.78 is 11.9. The van der Waals surface area contributed by atoms with Gasteiger partial charge in [0.15, 0.2) is 11.2 Å². The van der Waals surface area contributed by atoms with Crippen molar-refractivity contribution in [2.24, 2.45) is 17.3 Å². The first-order chi connectivity index (χ1) is 12.0. The second-order valence-electron chi connectivity index (χ2n) is 8.56. The van der Waals surface area contributed by atoms with Crippen LogP contribution in [0.1, 0.15) is 41.0 Å². The molecule has 3 aliphatic rings. The summed E-state index contributed by atoms with van der Waals surface area (Å²) in [6, 6.07) is 0. The number of hydrogen-bond acceptors (Lipinski definition) is 6. The van der Waals surface area contributed by atoms with Crippen LogP contribution in [0.4, 0.5) is 0 Å². The third-order valence-electron chi connectivity index (χ3n) is 6.64. The van der Waals surface area contributed by atoms with Crippen molar-refractivity contribution in [3.05, 3.63) is 23.8 Å². The highest BCUT2D eigenvalue weighted by Gasteiger charge is 2.89. The molecule has 6 atom stereocenters. The average molecular weight is 364 g/mol. The minimum Gasteiger partial charge on any atom is -0.455 e. The lowest BCUT2D eigenvalue weighted by Gasteiger charge is -2.37. The Bertz CT molecular complexity index is 707. The Labute approximate surface area is 153 Å². The second kappa shape index (κ2) is 5.75. The van der Waals surface area contributed by atoms with Crippen LogP contribution in [0.2, 0.25) is 0 Å². The van der Waals surface area contributed by atoms with Gasteiger partial charge in [-0.3, -0.25) is 4.79 Å². The van der Waals surface area contributed by atoms with Crippen molar-refractivity contribution in [3.63, 3.8) is 0 Å². The van der Waals surface area contributed by atoms with Crippen molar-refractivity contribution >= 4 is 11.8 Å². The van der Waals surface area contributed by atoms with Crippen LogP contribution in [0.3, 0.4) is 0 Å². The van der Waals surface area contributed by atoms with Crippen molar-refractivity contribution in [1.29, 1.82) is 0 Å². The number of ether oxygens (including phenoxy) is 2. The number of Topliss-reactive ketones (excluding diaryl/α,β-unsaturated/α-hetero) is 1. The average Bonchev–Trinajstić information content (AvgIpc) is 3.26. The lowest BCUT2D eigenvalue weighted by atomic mass is 9.64. The van der Waals surface area contributed by atoms with Crippen molar-refractivity contribution in [3.8, 4) is 0 Å². The summed E-state index contributed by atoms with van der Waals surface area (Å²) in [5, 5.41) is 20.2. The normalized spacial score (nSPS) is 43.5. The van der Waals surface area contributed by atoms with E-state index in [1.807, 2.05) is 20.8 Å². The largest absolute Gasteiger partial charge is 0.455 e. The van der Waals surface area contributed by atoms with Crippen LogP contribution in [0, 0.1) is 17.3 Å². The SMILES string of the molecule is C=C(CO)[C@]12O[C@@]13[C@H](CC(C)(C)[C@@H]3OC(=O)/C(C)=C/C)[C@H](C)[C@H](O)C2=O. The molecule has 3 fully saturated rings. The van der Waals surface area contributed by atoms with Crippen molar-refractivity contribution in [2.45, 2.75) is 64.4 Å². The number of hydrogen-bond donors (Lipinski definition) is 2. The van der Waals surface area contributed by atoms with Crippen LogP contribution in [-0.2, 0) is 19.1 Å². The zero-order valence-electron chi connectivity index (χ0n) is 16.0. The Morgan fingerprint density at radius 3 is 2.62 bits per heavy atom. The minimum absolute atomic E-state index is 0.183. The van der Waals surface area contributed by atoms with E-state index in [2.05, 4.69) is 6.58 Å². The van der Waals surface area contributed by atoms with Gasteiger partial charge in [0.1, 0.15) is 12.2 Å². The molecular weight excluding hydrogens is 336 g/mol. The van der Waals surface area contributed by atoms with Gasteiger partial charge in [-0.1, -0.05) is 33.4 Å². The molecule has 3 rings (SSSR count). The number of esters is 1. The van der Waals surface area contributed by atoms with Crippen molar-refractivity contribution < 1.29 is 29.3 Å². The predicted molar refractivity (Wildman–Crippen MR) is 94.1 cm³/mol. The van der Waals surface area contributed by atoms with Gasteiger partial charge in [0.05, 0.1) is 6.61 Å². The molecule has 0 aromatic carbocycles. The molecule has 0 unspecified atom stereocenters. The van der Waals surface area contributed by atoms with Crippen LogP contribution < -0.4 is 0 Å². The molecule has 0 amide bonds. The maximum absolute atomic E-state index is 13.0. The molecule has 1 aliphatic heterocycles. The first kappa shape index (κ1) is 19.3. The summed E-state index contributed by atoms with van der Waals surface area (Å²) in [5.41, 5.74) is -2.33. The molecule has 1 spiro atoms. The highest BCUT2D eigenvalue weighted by Crippen LogP contribution is 2.72. The van der Waals surface area contributed by atoms with E-state index in [-0.39, 0.29) is 17.4 Å². The van der Waals surface area contributed by atoms with Gasteiger partial charge in [-0.05, 0) is 31.8 Å². The van der Waals surface area contributed by atoms with E-state index >= 15 is 0 Å². The lowest BCUT2D eigenvalue weighted by Crippen LogP contribution is -2.58. The van der Waals surface area contributed by atoms with Crippen molar-refractivity contribution in [1.82, 2.24) is 0 Å². The van der Waals surface area contributed by atoms with E-state index in [4.69, 9.17) is 9.47 Å². The van der Waals surface area contributed by atoms with Gasteiger partial charge in [-0.25, -0.2) is 4.79 Å². The van der Waals surface area contributed by atoms with Gasteiger partial charge in [-0.15, -0.1) is 0 Å². The smallest absolute Gasteiger partial charge is 0.333 e. The Hall–Kier alpha value is -1.50. The van der Waals surface area contributed by atoms with Gasteiger partial charge in [0.2, 0.25) is 5.78 Å². The predicted octanol–water partition coefficient (Wildman–Crippen LogP) is 1.55. The number of aliphatic hydroxyl groups excluding tert-OH is 2. The molecule has 6 nitrogen and oxygen atoms in total. The summed E-state index contributed by atoms with van der Waals surface area (Å²) in [7, 11) is 0. The first-order valence-electron chi connectivity index (χ1n) is 9.06. The molecule has 0 aromatic rings. The Balaban J connectivity index is 2.11. The minimum atomic E-state index is -1.49. The van der Waals surface area contributed by atoms with E-state index < -0.39 is 47.2 Å². The van der Waals surface area contributed by atoms with Crippen LogP contribution in [0.25, 0.3) is 0 Å². The van der Waals surface area contributed by atoms with Gasteiger partial charge < -0.3 is 19.7 Å². The van der Waals surface area contributed by atoms with Gasteiger partial charge >= 0.3 is 5.97 Å². The van der Waals surface area contributed by atoms with E-state index in [0.717, 1.165) is 0 Å². The number of allylic oxidation sites excluding steroid dienone is 1. The molecule has 2 N–H and O–H groups in total. The van der Waals surface area contributed by atoms with E-state index in [1.54, 1.807) is 19.9 Å². The molecule has 0 aromatic heterocycles. The third-order valence-corrected chi connectivity index (χ3v) is 6.64. The summed E-state index contributed by atoms with van der Waals surface area (Å²) >= 11 is 0. The third kappa shape index (κ3) is 2.09. The quantitative estimate of drug-likeness (QED) is 0.340. The summed E-state index contributed by atoms with van der Waals surface area (Å²) in [5.74, 6) is -1.47. The number of epoxide rings is 1. The second-order valence-corrected chi connectivity index (χ2v) is 8.56. The van der Waals surface area contributed by atoms with Gasteiger partial charge in [0.25, 0.3) is 0 Å². The molecule has 2 aliphatic carbocycles. The highest BCUT2D eigenvalue weighted by molar-refractivity contribution is 6.01. The number of carbonyl (C=O) groups is 2. The summed E-state index contributed by atoms with van der Waals surface area (Å²) in [6.07, 6.45) is 0.433. The number of carbonyl (C=O) groups excluding carboxylic acids is 2. The fourth-order valence-electron chi connectivity index (χ4n) is 5.09. The number of aliphatic hydroxyl groups is 2. The zero-order chi connectivity index (χ0) is 19.7. The molecule has 0 radical (unpaired) electrons. The van der Waals surface area contributed by atoms with E-state index in [0.29, 0.717) is 12.0 Å². The molecule has 2 saturated carbocycles. The van der Waals surface area contributed by atoms with E-state index in [1.165, 1.54) is 0 Å². The number of ketones is 1. The van der Waals surface area contributed by atoms with Crippen molar-refractivity contribution in [2.75, 3.05) is 6.61 Å². The monoisotopic (exact) mass is 364 g/mol. The molecule has 26 heavy (non-hydrogen) atoms. The molecule has 144 valence electrons. The van der Waals surface area contributed by atoms with Crippen LogP contribution in [-0.4, -0.2) is 52.0 Å². The Morgan fingerprint density at radius 1 is 1.46 bits per heavy atom. The highest BCUT2D eigenvalue weighted by atomic mass is 16.7. The maximum Gasteiger partial charge on any atom is 0.333 e. The molecular formula is C20H28O6.